The number of likely N-dealkylation sites (N-methyl/N-ethyl adjacent to an activating group) is 1. The predicted octanol–water partition coefficient (Wildman–Crippen LogP) is 1.18. The molecule has 0 radical (unpaired) electrons. The van der Waals surface area contributed by atoms with Crippen LogP contribution in [0.1, 0.15) is 21.7 Å². The van der Waals surface area contributed by atoms with Crippen molar-refractivity contribution in [3.8, 4) is 0 Å². The number of carbonyl (C=O) groups is 2. The van der Waals surface area contributed by atoms with Crippen molar-refractivity contribution in [2.45, 2.75) is 6.54 Å². The molecule has 2 amide bonds. The second-order valence-electron chi connectivity index (χ2n) is 4.55. The summed E-state index contributed by atoms with van der Waals surface area (Å²) in [6.45, 7) is 0.413. The van der Waals surface area contributed by atoms with Crippen LogP contribution in [0.2, 0.25) is 0 Å². The zero-order valence-electron chi connectivity index (χ0n) is 11.6. The van der Waals surface area contributed by atoms with Gasteiger partial charge in [-0.15, -0.1) is 0 Å². The summed E-state index contributed by atoms with van der Waals surface area (Å²) in [6, 6.07) is 6.71. The maximum absolute atomic E-state index is 11.9. The number of nitrogens with zero attached hydrogens (tertiary/aromatic N) is 2. The van der Waals surface area contributed by atoms with Gasteiger partial charge >= 0.3 is 0 Å². The van der Waals surface area contributed by atoms with Crippen molar-refractivity contribution in [1.82, 2.24) is 14.9 Å². The number of aromatic nitrogens is 2. The van der Waals surface area contributed by atoms with Crippen LogP contribution in [0.4, 0.5) is 0 Å². The number of rotatable bonds is 5. The highest BCUT2D eigenvalue weighted by Gasteiger charge is 2.07. The molecule has 1 heterocycles. The molecule has 0 saturated carbocycles. The van der Waals surface area contributed by atoms with Gasteiger partial charge in [0.15, 0.2) is 0 Å². The van der Waals surface area contributed by atoms with Gasteiger partial charge in [0, 0.05) is 31.1 Å². The molecule has 0 saturated heterocycles. The third-order valence-corrected chi connectivity index (χ3v) is 2.93. The number of hydrogen-bond donors (Lipinski definition) is 2. The van der Waals surface area contributed by atoms with Crippen molar-refractivity contribution in [3.05, 3.63) is 59.7 Å². The smallest absolute Gasteiger partial charge is 0.248 e. The standard InChI is InChI=1S/C15H16N4O2/c1-19(10-13-17-8-9-18-13)14(20)7-4-11-2-5-12(6-3-11)15(16)21/h2-9H,10H2,1H3,(H2,16,21)(H,17,18). The van der Waals surface area contributed by atoms with Gasteiger partial charge in [-0.05, 0) is 23.8 Å². The molecule has 21 heavy (non-hydrogen) atoms. The van der Waals surface area contributed by atoms with Gasteiger partial charge in [0.2, 0.25) is 11.8 Å². The van der Waals surface area contributed by atoms with Crippen molar-refractivity contribution in [1.29, 1.82) is 0 Å². The minimum atomic E-state index is -0.472. The second kappa shape index (κ2) is 6.51. The molecular weight excluding hydrogens is 268 g/mol. The van der Waals surface area contributed by atoms with E-state index in [9.17, 15) is 9.59 Å². The van der Waals surface area contributed by atoms with Gasteiger partial charge in [-0.3, -0.25) is 9.59 Å². The number of hydrogen-bond acceptors (Lipinski definition) is 3. The molecule has 0 unspecified atom stereocenters. The van der Waals surface area contributed by atoms with Crippen LogP contribution in [-0.4, -0.2) is 33.7 Å². The van der Waals surface area contributed by atoms with Crippen molar-refractivity contribution in [2.75, 3.05) is 7.05 Å². The molecule has 2 aromatic rings. The topological polar surface area (TPSA) is 92.1 Å². The van der Waals surface area contributed by atoms with Gasteiger partial charge in [0.05, 0.1) is 6.54 Å². The quantitative estimate of drug-likeness (QED) is 0.807. The first-order valence-corrected chi connectivity index (χ1v) is 6.37. The number of primary amides is 1. The lowest BCUT2D eigenvalue weighted by Gasteiger charge is -2.12. The third kappa shape index (κ3) is 4.04. The Morgan fingerprint density at radius 2 is 2.05 bits per heavy atom. The Bertz CT molecular complexity index is 645. The Morgan fingerprint density at radius 1 is 1.33 bits per heavy atom. The third-order valence-electron chi connectivity index (χ3n) is 2.93. The Kier molecular flexibility index (Phi) is 4.50. The van der Waals surface area contributed by atoms with E-state index in [-0.39, 0.29) is 5.91 Å². The normalized spacial score (nSPS) is 10.7. The minimum absolute atomic E-state index is 0.134. The van der Waals surface area contributed by atoms with E-state index in [0.29, 0.717) is 12.1 Å². The van der Waals surface area contributed by atoms with E-state index < -0.39 is 5.91 Å². The van der Waals surface area contributed by atoms with Gasteiger partial charge < -0.3 is 15.6 Å². The van der Waals surface area contributed by atoms with E-state index in [0.717, 1.165) is 11.4 Å². The van der Waals surface area contributed by atoms with Crippen LogP contribution in [-0.2, 0) is 11.3 Å². The molecule has 0 bridgehead atoms. The van der Waals surface area contributed by atoms with E-state index >= 15 is 0 Å². The lowest BCUT2D eigenvalue weighted by Crippen LogP contribution is -2.24. The number of H-pyrrole nitrogens is 1. The summed E-state index contributed by atoms with van der Waals surface area (Å²) in [7, 11) is 1.70. The highest BCUT2D eigenvalue weighted by Crippen LogP contribution is 2.06. The van der Waals surface area contributed by atoms with Crippen molar-refractivity contribution < 1.29 is 9.59 Å². The molecule has 2 rings (SSSR count). The molecule has 0 aliphatic heterocycles. The lowest BCUT2D eigenvalue weighted by molar-refractivity contribution is -0.125. The molecule has 0 fully saturated rings. The number of nitrogens with two attached hydrogens (primary N) is 1. The molecule has 0 atom stereocenters. The number of amides is 2. The highest BCUT2D eigenvalue weighted by molar-refractivity contribution is 5.93. The average molecular weight is 284 g/mol. The first-order valence-electron chi connectivity index (χ1n) is 6.37. The maximum atomic E-state index is 11.9. The summed E-state index contributed by atoms with van der Waals surface area (Å²) in [5.41, 5.74) is 6.42. The zero-order chi connectivity index (χ0) is 15.2. The second-order valence-corrected chi connectivity index (χ2v) is 4.55. The van der Waals surface area contributed by atoms with E-state index in [1.807, 2.05) is 0 Å². The average Bonchev–Trinajstić information content (AvgIpc) is 2.98. The van der Waals surface area contributed by atoms with Crippen LogP contribution in [0, 0.1) is 0 Å². The molecule has 0 spiro atoms. The van der Waals surface area contributed by atoms with Crippen LogP contribution in [0.25, 0.3) is 6.08 Å². The minimum Gasteiger partial charge on any atom is -0.366 e. The Morgan fingerprint density at radius 3 is 2.62 bits per heavy atom. The fourth-order valence-corrected chi connectivity index (χ4v) is 1.74. The molecule has 1 aromatic heterocycles. The van der Waals surface area contributed by atoms with Gasteiger partial charge in [-0.2, -0.15) is 0 Å². The maximum Gasteiger partial charge on any atom is 0.248 e. The molecule has 0 aliphatic carbocycles. The summed E-state index contributed by atoms with van der Waals surface area (Å²) in [4.78, 5) is 31.4. The summed E-state index contributed by atoms with van der Waals surface area (Å²) < 4.78 is 0. The van der Waals surface area contributed by atoms with Crippen LogP contribution in [0.15, 0.2) is 42.7 Å². The molecule has 6 heteroatoms. The molecular formula is C15H16N4O2. The molecule has 108 valence electrons. The van der Waals surface area contributed by atoms with Gasteiger partial charge in [-0.1, -0.05) is 12.1 Å². The Balaban J connectivity index is 1.96. The van der Waals surface area contributed by atoms with Crippen LogP contribution >= 0.6 is 0 Å². The summed E-state index contributed by atoms with van der Waals surface area (Å²) in [5.74, 6) is 0.121. The van der Waals surface area contributed by atoms with Crippen LogP contribution < -0.4 is 5.73 Å². The van der Waals surface area contributed by atoms with Crippen molar-refractivity contribution in [3.63, 3.8) is 0 Å². The largest absolute Gasteiger partial charge is 0.366 e. The highest BCUT2D eigenvalue weighted by atomic mass is 16.2. The molecule has 6 nitrogen and oxygen atoms in total. The zero-order valence-corrected chi connectivity index (χ0v) is 11.6. The monoisotopic (exact) mass is 284 g/mol. The van der Waals surface area contributed by atoms with Crippen molar-refractivity contribution >= 4 is 17.9 Å². The van der Waals surface area contributed by atoms with Gasteiger partial charge in [0.25, 0.3) is 0 Å². The molecule has 3 N–H and O–H groups in total. The number of aromatic amines is 1. The Labute approximate surface area is 122 Å². The van der Waals surface area contributed by atoms with E-state index in [1.54, 1.807) is 54.7 Å². The summed E-state index contributed by atoms with van der Waals surface area (Å²) in [5, 5.41) is 0. The summed E-state index contributed by atoms with van der Waals surface area (Å²) >= 11 is 0. The predicted molar refractivity (Wildman–Crippen MR) is 79.1 cm³/mol. The fourth-order valence-electron chi connectivity index (χ4n) is 1.74. The summed E-state index contributed by atoms with van der Waals surface area (Å²) in [6.07, 6.45) is 6.52. The fraction of sp³-hybridized carbons (Fsp3) is 0.133. The van der Waals surface area contributed by atoms with E-state index in [4.69, 9.17) is 5.73 Å². The van der Waals surface area contributed by atoms with Crippen LogP contribution in [0.5, 0.6) is 0 Å². The molecule has 1 aromatic carbocycles. The van der Waals surface area contributed by atoms with Crippen molar-refractivity contribution in [2.24, 2.45) is 5.73 Å². The number of nitrogens with one attached hydrogen (secondary N) is 1. The van der Waals surface area contributed by atoms with Gasteiger partial charge in [-0.25, -0.2) is 4.98 Å². The SMILES string of the molecule is CN(Cc1ncc[nH]1)C(=O)C=Cc1ccc(C(N)=O)cc1. The Hall–Kier alpha value is -2.89. The number of imidazole rings is 1. The molecule has 0 aliphatic rings. The van der Waals surface area contributed by atoms with Crippen LogP contribution in [0.3, 0.4) is 0 Å². The lowest BCUT2D eigenvalue weighted by atomic mass is 10.1. The van der Waals surface area contributed by atoms with E-state index in [1.165, 1.54) is 6.08 Å². The van der Waals surface area contributed by atoms with E-state index in [2.05, 4.69) is 9.97 Å². The first kappa shape index (κ1) is 14.5. The van der Waals surface area contributed by atoms with Gasteiger partial charge in [0.1, 0.15) is 5.82 Å². The number of carbonyl (C=O) groups excluding carboxylic acids is 2. The number of benzene rings is 1. The first-order chi connectivity index (χ1) is 10.1.